The van der Waals surface area contributed by atoms with Crippen LogP contribution in [0.3, 0.4) is 0 Å². The molecule has 1 aliphatic heterocycles. The van der Waals surface area contributed by atoms with Crippen LogP contribution in [0.25, 0.3) is 5.32 Å². The molecule has 1 heterocycles. The van der Waals surface area contributed by atoms with Crippen molar-refractivity contribution in [2.45, 2.75) is 13.0 Å². The Morgan fingerprint density at radius 1 is 1.06 bits per heavy atom. The van der Waals surface area contributed by atoms with E-state index in [0.717, 1.165) is 26.2 Å². The second-order valence-electron chi connectivity index (χ2n) is 4.04. The fourth-order valence-electron chi connectivity index (χ4n) is 1.50. The Kier molecular flexibility index (Phi) is 11.3. The molecular formula is C9H20Cl3N3Ti. The van der Waals surface area contributed by atoms with E-state index >= 15 is 0 Å². The van der Waals surface area contributed by atoms with Crippen LogP contribution in [0.5, 0.6) is 0 Å². The van der Waals surface area contributed by atoms with Crippen molar-refractivity contribution in [2.24, 2.45) is 0 Å². The van der Waals surface area contributed by atoms with E-state index in [0.29, 0.717) is 6.04 Å². The van der Waals surface area contributed by atoms with Crippen LogP contribution >= 0.6 is 27.9 Å². The number of hydrogen-bond acceptors (Lipinski definition) is 2. The molecule has 0 aromatic rings. The molecule has 0 radical (unpaired) electrons. The number of hydrogen-bond donors (Lipinski definition) is 0. The van der Waals surface area contributed by atoms with Gasteiger partial charge < -0.3 is 15.1 Å². The Morgan fingerprint density at radius 3 is 2.12 bits per heavy atom. The Balaban J connectivity index is 0.000000487. The minimum absolute atomic E-state index is 0.501. The predicted octanol–water partition coefficient (Wildman–Crippen LogP) is 2.69. The predicted molar refractivity (Wildman–Crippen MR) is 70.2 cm³/mol. The van der Waals surface area contributed by atoms with Crippen LogP contribution in [0.4, 0.5) is 0 Å². The van der Waals surface area contributed by atoms with E-state index in [1.807, 2.05) is 0 Å². The summed E-state index contributed by atoms with van der Waals surface area (Å²) in [5, 5.41) is 4.56. The number of rotatable bonds is 0. The molecule has 1 aliphatic rings. The van der Waals surface area contributed by atoms with Crippen LogP contribution in [-0.4, -0.2) is 62.7 Å². The van der Waals surface area contributed by atoms with Crippen LogP contribution < -0.4 is 0 Å². The van der Waals surface area contributed by atoms with Gasteiger partial charge in [-0.15, -0.1) is 12.6 Å². The zero-order valence-corrected chi connectivity index (χ0v) is 13.9. The second-order valence-corrected chi connectivity index (χ2v) is 11.8. The molecule has 1 unspecified atom stereocenters. The van der Waals surface area contributed by atoms with Crippen molar-refractivity contribution in [1.29, 1.82) is 0 Å². The number of halogens is 3. The summed E-state index contributed by atoms with van der Waals surface area (Å²) in [5.74, 6) is 0. The molecule has 1 rings (SSSR count). The summed E-state index contributed by atoms with van der Waals surface area (Å²) in [4.78, 5) is 4.70. The summed E-state index contributed by atoms with van der Waals surface area (Å²) in [6.07, 6.45) is 0. The third kappa shape index (κ3) is 11.9. The first kappa shape index (κ1) is 17.5. The molecule has 0 spiro atoms. The van der Waals surface area contributed by atoms with Gasteiger partial charge in [-0.05, 0) is 27.2 Å². The molecule has 0 bridgehead atoms. The molecule has 0 amide bonds. The zero-order valence-electron chi connectivity index (χ0n) is 10.1. The van der Waals surface area contributed by atoms with E-state index in [4.69, 9.17) is 27.9 Å². The van der Waals surface area contributed by atoms with Gasteiger partial charge in [0.2, 0.25) is 0 Å². The van der Waals surface area contributed by atoms with Crippen molar-refractivity contribution < 1.29 is 14.7 Å². The third-order valence-electron chi connectivity index (χ3n) is 2.36. The maximum absolute atomic E-state index is 4.97. The van der Waals surface area contributed by atoms with Gasteiger partial charge in [0, 0.05) is 13.1 Å². The average molecular weight is 325 g/mol. The molecule has 0 aromatic carbocycles. The minimum atomic E-state index is -1.92. The molecule has 0 saturated carbocycles. The molecule has 96 valence electrons. The van der Waals surface area contributed by atoms with E-state index in [2.05, 4.69) is 36.1 Å². The quantitative estimate of drug-likeness (QED) is 0.639. The molecule has 0 N–H and O–H groups in total. The molecular weight excluding hydrogens is 304 g/mol. The van der Waals surface area contributed by atoms with Crippen LogP contribution in [-0.2, 0) is 14.7 Å². The Labute approximate surface area is 117 Å². The van der Waals surface area contributed by atoms with Crippen molar-refractivity contribution >= 4 is 27.9 Å². The average Bonchev–Trinajstić information content (AvgIpc) is 2.18. The van der Waals surface area contributed by atoms with Crippen LogP contribution in [0.15, 0.2) is 0 Å². The van der Waals surface area contributed by atoms with Gasteiger partial charge in [-0.1, -0.05) is 6.92 Å². The Bertz CT molecular complexity index is 171. The molecule has 1 atom stereocenters. The standard InChI is InChI=1S/C9H20N3.3ClH.Ti/c1-9-8-12(3)7-6-11(2)5-4-10-9;;;;/h9H,4-8H2,1-3H3;3*1H;/q-1;;;;+4/p-3. The van der Waals surface area contributed by atoms with Gasteiger partial charge in [0.25, 0.3) is 0 Å². The van der Waals surface area contributed by atoms with Crippen LogP contribution in [0.2, 0.25) is 0 Å². The van der Waals surface area contributed by atoms with Gasteiger partial charge in [0.05, 0.1) is 0 Å². The normalized spacial score (nSPS) is 24.8. The van der Waals surface area contributed by atoms with E-state index in [-0.39, 0.29) is 0 Å². The van der Waals surface area contributed by atoms with Crippen LogP contribution in [0, 0.1) is 0 Å². The summed E-state index contributed by atoms with van der Waals surface area (Å²) in [5.41, 5.74) is 0. The van der Waals surface area contributed by atoms with Gasteiger partial charge in [0.15, 0.2) is 0 Å². The number of likely N-dealkylation sites (N-methyl/N-ethyl adjacent to an activating group) is 2. The third-order valence-corrected chi connectivity index (χ3v) is 2.36. The molecule has 3 nitrogen and oxygen atoms in total. The van der Waals surface area contributed by atoms with E-state index in [9.17, 15) is 0 Å². The van der Waals surface area contributed by atoms with Crippen molar-refractivity contribution in [3.63, 3.8) is 0 Å². The first-order valence-electron chi connectivity index (χ1n) is 5.29. The van der Waals surface area contributed by atoms with Gasteiger partial charge in [-0.3, -0.25) is 0 Å². The zero-order chi connectivity index (χ0) is 12.6. The first-order chi connectivity index (χ1) is 7.41. The Morgan fingerprint density at radius 2 is 1.56 bits per heavy atom. The van der Waals surface area contributed by atoms with Gasteiger partial charge in [-0.2, -0.15) is 0 Å². The SMILES string of the molecule is CC1CN(C)CCN(C)CC[N-]1.[Cl][Ti+]([Cl])[Cl]. The van der Waals surface area contributed by atoms with Gasteiger partial charge in [-0.25, -0.2) is 0 Å². The molecule has 1 saturated heterocycles. The van der Waals surface area contributed by atoms with E-state index < -0.39 is 14.7 Å². The summed E-state index contributed by atoms with van der Waals surface area (Å²) < 4.78 is 0. The van der Waals surface area contributed by atoms with E-state index in [1.54, 1.807) is 0 Å². The van der Waals surface area contributed by atoms with E-state index in [1.165, 1.54) is 6.54 Å². The Hall–Kier alpha value is 1.46. The van der Waals surface area contributed by atoms with Crippen LogP contribution in [0.1, 0.15) is 6.92 Å². The summed E-state index contributed by atoms with van der Waals surface area (Å²) >= 11 is -1.92. The van der Waals surface area contributed by atoms with Gasteiger partial charge >= 0.3 is 42.6 Å². The first-order valence-corrected chi connectivity index (χ1v) is 11.7. The van der Waals surface area contributed by atoms with Crippen molar-refractivity contribution in [3.8, 4) is 0 Å². The van der Waals surface area contributed by atoms with Crippen molar-refractivity contribution in [1.82, 2.24) is 9.80 Å². The monoisotopic (exact) mass is 323 g/mol. The maximum atomic E-state index is 4.97. The molecule has 0 aliphatic carbocycles. The summed E-state index contributed by atoms with van der Waals surface area (Å²) in [6.45, 7) is 7.73. The molecule has 0 aromatic heterocycles. The van der Waals surface area contributed by atoms with Crippen molar-refractivity contribution in [3.05, 3.63) is 5.32 Å². The topological polar surface area (TPSA) is 20.6 Å². The fourth-order valence-corrected chi connectivity index (χ4v) is 1.50. The molecule has 16 heavy (non-hydrogen) atoms. The van der Waals surface area contributed by atoms with Crippen molar-refractivity contribution in [2.75, 3.05) is 46.8 Å². The molecule has 7 heteroatoms. The van der Waals surface area contributed by atoms with Gasteiger partial charge in [0.1, 0.15) is 0 Å². The number of nitrogens with zero attached hydrogens (tertiary/aromatic N) is 3. The molecule has 1 fully saturated rings. The second kappa shape index (κ2) is 10.4. The summed E-state index contributed by atoms with van der Waals surface area (Å²) in [7, 11) is 19.3. The summed E-state index contributed by atoms with van der Waals surface area (Å²) in [6, 6.07) is 0.501. The fraction of sp³-hybridized carbons (Fsp3) is 1.00.